The average Bonchev–Trinajstić information content (AvgIpc) is 2.91. The zero-order valence-corrected chi connectivity index (χ0v) is 23.3. The first-order chi connectivity index (χ1) is 18.7. The fraction of sp³-hybridized carbons (Fsp3) is 0.258. The van der Waals surface area contributed by atoms with Crippen LogP contribution >= 0.6 is 23.2 Å². The SMILES string of the molecule is CCC[C@H](c1ccc(C(=O)NCCC(=O)O)cc1)[C@@H](Oc1cc2ccc(C)nc2cc1Cl)c1ccc(Cl)cc1. The van der Waals surface area contributed by atoms with Gasteiger partial charge in [-0.2, -0.15) is 0 Å². The Bertz CT molecular complexity index is 1460. The zero-order valence-electron chi connectivity index (χ0n) is 21.8. The molecule has 0 saturated heterocycles. The molecule has 4 aromatic rings. The van der Waals surface area contributed by atoms with Gasteiger partial charge in [-0.05, 0) is 66.9 Å². The maximum absolute atomic E-state index is 12.5. The third-order valence-electron chi connectivity index (χ3n) is 6.53. The van der Waals surface area contributed by atoms with E-state index in [1.54, 1.807) is 12.1 Å². The second-order valence-electron chi connectivity index (χ2n) is 9.43. The van der Waals surface area contributed by atoms with Gasteiger partial charge in [-0.25, -0.2) is 0 Å². The van der Waals surface area contributed by atoms with Crippen molar-refractivity contribution in [3.8, 4) is 5.75 Å². The fourth-order valence-corrected chi connectivity index (χ4v) is 4.89. The van der Waals surface area contributed by atoms with Crippen molar-refractivity contribution in [2.45, 2.75) is 45.1 Å². The number of hydrogen-bond donors (Lipinski definition) is 2. The Labute approximate surface area is 237 Å². The lowest BCUT2D eigenvalue weighted by Gasteiger charge is -2.29. The van der Waals surface area contributed by atoms with Crippen LogP contribution in [-0.2, 0) is 4.79 Å². The summed E-state index contributed by atoms with van der Waals surface area (Å²) < 4.78 is 6.69. The second kappa shape index (κ2) is 13.0. The average molecular weight is 565 g/mol. The number of carbonyl (C=O) groups excluding carboxylic acids is 1. The zero-order chi connectivity index (χ0) is 27.9. The number of aliphatic carboxylic acids is 1. The molecule has 0 aliphatic carbocycles. The molecule has 3 aromatic carbocycles. The maximum atomic E-state index is 12.5. The van der Waals surface area contributed by atoms with Crippen molar-refractivity contribution in [3.05, 3.63) is 105 Å². The molecule has 6 nitrogen and oxygen atoms in total. The summed E-state index contributed by atoms with van der Waals surface area (Å²) >= 11 is 12.9. The van der Waals surface area contributed by atoms with Crippen LogP contribution in [0.4, 0.5) is 0 Å². The lowest BCUT2D eigenvalue weighted by molar-refractivity contribution is -0.136. The van der Waals surface area contributed by atoms with Crippen molar-refractivity contribution < 1.29 is 19.4 Å². The highest BCUT2D eigenvalue weighted by Gasteiger charge is 2.27. The molecule has 39 heavy (non-hydrogen) atoms. The summed E-state index contributed by atoms with van der Waals surface area (Å²) in [5, 5.41) is 13.5. The molecule has 0 spiro atoms. The first kappa shape index (κ1) is 28.4. The minimum Gasteiger partial charge on any atom is -0.484 e. The number of pyridine rings is 1. The number of carbonyl (C=O) groups is 2. The van der Waals surface area contributed by atoms with Crippen LogP contribution in [0.3, 0.4) is 0 Å². The molecule has 2 atom stereocenters. The molecule has 4 rings (SSSR count). The highest BCUT2D eigenvalue weighted by molar-refractivity contribution is 6.32. The Hall–Kier alpha value is -3.61. The van der Waals surface area contributed by atoms with Gasteiger partial charge in [0.15, 0.2) is 0 Å². The van der Waals surface area contributed by atoms with Gasteiger partial charge in [0.05, 0.1) is 17.0 Å². The van der Waals surface area contributed by atoms with E-state index in [1.807, 2.05) is 67.6 Å². The number of aryl methyl sites for hydroxylation is 1. The summed E-state index contributed by atoms with van der Waals surface area (Å²) in [5.74, 6) is -0.764. The van der Waals surface area contributed by atoms with Gasteiger partial charge in [0.2, 0.25) is 0 Å². The maximum Gasteiger partial charge on any atom is 0.305 e. The molecule has 0 radical (unpaired) electrons. The standard InChI is InChI=1S/C31H30Cl2N2O4/c1-3-4-25(20-7-9-22(10-8-20)31(38)34-16-15-29(36)37)30(21-11-13-24(32)14-12-21)39-28-17-23-6-5-19(2)35-27(23)18-26(28)33/h5-14,17-18,25,30H,3-4,15-16H2,1-2H3,(H,34,38)(H,36,37)/t25-,30+/m1/s1. The van der Waals surface area contributed by atoms with E-state index in [4.69, 9.17) is 33.0 Å². The molecular weight excluding hydrogens is 535 g/mol. The monoisotopic (exact) mass is 564 g/mol. The van der Waals surface area contributed by atoms with E-state index in [0.717, 1.165) is 40.6 Å². The highest BCUT2D eigenvalue weighted by Crippen LogP contribution is 2.41. The summed E-state index contributed by atoms with van der Waals surface area (Å²) in [4.78, 5) is 27.8. The lowest BCUT2D eigenvalue weighted by atomic mass is 9.85. The molecule has 202 valence electrons. The van der Waals surface area contributed by atoms with Gasteiger partial charge in [0, 0.05) is 34.1 Å². The number of halogens is 2. The molecule has 8 heteroatoms. The highest BCUT2D eigenvalue weighted by atomic mass is 35.5. The number of ether oxygens (including phenoxy) is 1. The fourth-order valence-electron chi connectivity index (χ4n) is 4.56. The van der Waals surface area contributed by atoms with Crippen molar-refractivity contribution in [2.75, 3.05) is 6.54 Å². The Morgan fingerprint density at radius 2 is 1.67 bits per heavy atom. The van der Waals surface area contributed by atoms with Crippen LogP contribution in [0.25, 0.3) is 10.9 Å². The van der Waals surface area contributed by atoms with Crippen molar-refractivity contribution in [1.82, 2.24) is 10.3 Å². The number of hydrogen-bond acceptors (Lipinski definition) is 4. The minimum atomic E-state index is -0.959. The van der Waals surface area contributed by atoms with Crippen molar-refractivity contribution in [3.63, 3.8) is 0 Å². The van der Waals surface area contributed by atoms with E-state index in [1.165, 1.54) is 0 Å². The molecule has 0 fully saturated rings. The number of carboxylic acids is 1. The van der Waals surface area contributed by atoms with Crippen LogP contribution in [-0.4, -0.2) is 28.5 Å². The van der Waals surface area contributed by atoms with Crippen LogP contribution in [0.2, 0.25) is 10.0 Å². The van der Waals surface area contributed by atoms with E-state index in [0.29, 0.717) is 21.4 Å². The molecule has 0 aliphatic heterocycles. The van der Waals surface area contributed by atoms with E-state index in [9.17, 15) is 9.59 Å². The predicted molar refractivity (Wildman–Crippen MR) is 155 cm³/mol. The second-order valence-corrected chi connectivity index (χ2v) is 10.3. The Morgan fingerprint density at radius 3 is 2.33 bits per heavy atom. The van der Waals surface area contributed by atoms with E-state index in [2.05, 4.69) is 17.2 Å². The number of carboxylic acid groups (broad SMARTS) is 1. The van der Waals surface area contributed by atoms with Crippen molar-refractivity contribution >= 4 is 46.0 Å². The number of amides is 1. The largest absolute Gasteiger partial charge is 0.484 e. The Morgan fingerprint density at radius 1 is 0.974 bits per heavy atom. The number of fused-ring (bicyclic) bond motifs is 1. The molecule has 2 N–H and O–H groups in total. The van der Waals surface area contributed by atoms with Crippen LogP contribution < -0.4 is 10.1 Å². The van der Waals surface area contributed by atoms with Gasteiger partial charge in [-0.1, -0.05) is 66.9 Å². The molecule has 0 bridgehead atoms. The molecule has 0 saturated carbocycles. The van der Waals surface area contributed by atoms with E-state index >= 15 is 0 Å². The first-order valence-corrected chi connectivity index (χ1v) is 13.6. The van der Waals surface area contributed by atoms with Gasteiger partial charge in [0.1, 0.15) is 11.9 Å². The normalized spacial score (nSPS) is 12.6. The van der Waals surface area contributed by atoms with Crippen molar-refractivity contribution in [1.29, 1.82) is 0 Å². The molecule has 0 unspecified atom stereocenters. The Kier molecular flexibility index (Phi) is 9.44. The lowest BCUT2D eigenvalue weighted by Crippen LogP contribution is -2.26. The third-order valence-corrected chi connectivity index (χ3v) is 7.07. The van der Waals surface area contributed by atoms with Crippen LogP contribution in [0.15, 0.2) is 72.8 Å². The number of benzene rings is 3. The van der Waals surface area contributed by atoms with E-state index in [-0.39, 0.29) is 30.9 Å². The predicted octanol–water partition coefficient (Wildman–Crippen LogP) is 7.76. The van der Waals surface area contributed by atoms with Crippen LogP contribution in [0.1, 0.15) is 65.4 Å². The van der Waals surface area contributed by atoms with Gasteiger partial charge in [-0.15, -0.1) is 0 Å². The molecule has 1 heterocycles. The number of aromatic nitrogens is 1. The number of rotatable bonds is 11. The van der Waals surface area contributed by atoms with Gasteiger partial charge < -0.3 is 15.2 Å². The van der Waals surface area contributed by atoms with E-state index < -0.39 is 5.97 Å². The smallest absolute Gasteiger partial charge is 0.305 e. The first-order valence-electron chi connectivity index (χ1n) is 12.8. The van der Waals surface area contributed by atoms with Gasteiger partial charge in [-0.3, -0.25) is 14.6 Å². The molecular formula is C31H30Cl2N2O4. The quantitative estimate of drug-likeness (QED) is 0.194. The third kappa shape index (κ3) is 7.28. The summed E-state index contributed by atoms with van der Waals surface area (Å²) in [6, 6.07) is 22.7. The van der Waals surface area contributed by atoms with Gasteiger partial charge in [0.25, 0.3) is 5.91 Å². The summed E-state index contributed by atoms with van der Waals surface area (Å²) in [6.45, 7) is 4.13. The van der Waals surface area contributed by atoms with Gasteiger partial charge >= 0.3 is 5.97 Å². The minimum absolute atomic E-state index is 0.0526. The summed E-state index contributed by atoms with van der Waals surface area (Å²) in [5.41, 5.74) is 4.13. The topological polar surface area (TPSA) is 88.5 Å². The van der Waals surface area contributed by atoms with Crippen LogP contribution in [0.5, 0.6) is 5.75 Å². The molecule has 0 aliphatic rings. The summed E-state index contributed by atoms with van der Waals surface area (Å²) in [7, 11) is 0. The van der Waals surface area contributed by atoms with Crippen molar-refractivity contribution in [2.24, 2.45) is 0 Å². The number of nitrogens with one attached hydrogen (secondary N) is 1. The molecule has 1 aromatic heterocycles. The molecule has 1 amide bonds. The summed E-state index contributed by atoms with van der Waals surface area (Å²) in [6.07, 6.45) is 1.22. The Balaban J connectivity index is 1.68. The van der Waals surface area contributed by atoms with Crippen LogP contribution in [0, 0.1) is 6.92 Å². The number of nitrogens with zero attached hydrogens (tertiary/aromatic N) is 1.